The van der Waals surface area contributed by atoms with Gasteiger partial charge in [-0.2, -0.15) is 0 Å². The lowest BCUT2D eigenvalue weighted by Gasteiger charge is -2.31. The SMILES string of the molecule is CC[C@H](C)[C@@H]1NC(=O)[C@@H](CC(C)C)NC(=O)[C@H](CC(C)C)NC(=O)[C@@H](Cc2c[nH]c3ccccc23)NC(=O)[C@@H](CCCN)NC(=O)[C@H](CC(N)=O)NC1=O. The molecule has 0 bridgehead atoms. The van der Waals surface area contributed by atoms with E-state index in [0.717, 1.165) is 16.5 Å². The lowest BCUT2D eigenvalue weighted by molar-refractivity contribution is -0.138. The van der Waals surface area contributed by atoms with Gasteiger partial charge in [0.1, 0.15) is 36.3 Å². The van der Waals surface area contributed by atoms with E-state index in [4.69, 9.17) is 11.5 Å². The molecule has 0 spiro atoms. The first-order valence-electron chi connectivity index (χ1n) is 18.9. The lowest BCUT2D eigenvalue weighted by atomic mass is 9.95. The summed E-state index contributed by atoms with van der Waals surface area (Å²) in [5, 5.41) is 17.2. The van der Waals surface area contributed by atoms with Crippen molar-refractivity contribution in [3.8, 4) is 0 Å². The molecular formula is C38H59N9O7. The van der Waals surface area contributed by atoms with E-state index in [1.54, 1.807) is 13.1 Å². The van der Waals surface area contributed by atoms with Gasteiger partial charge < -0.3 is 48.4 Å². The summed E-state index contributed by atoms with van der Waals surface area (Å²) in [5.74, 6) is -5.65. The van der Waals surface area contributed by atoms with Gasteiger partial charge in [-0.25, -0.2) is 0 Å². The molecule has 0 aliphatic carbocycles. The van der Waals surface area contributed by atoms with Crippen molar-refractivity contribution < 1.29 is 33.6 Å². The molecule has 0 unspecified atom stereocenters. The van der Waals surface area contributed by atoms with Crippen molar-refractivity contribution in [3.05, 3.63) is 36.0 Å². The van der Waals surface area contributed by atoms with Gasteiger partial charge in [0.25, 0.3) is 0 Å². The van der Waals surface area contributed by atoms with Crippen LogP contribution in [0, 0.1) is 17.8 Å². The van der Waals surface area contributed by atoms with E-state index >= 15 is 0 Å². The summed E-state index contributed by atoms with van der Waals surface area (Å²) in [5.41, 5.74) is 12.8. The first-order valence-corrected chi connectivity index (χ1v) is 18.9. The van der Waals surface area contributed by atoms with Gasteiger partial charge in [0.05, 0.1) is 6.42 Å². The third-order valence-electron chi connectivity index (χ3n) is 9.57. The number of H-pyrrole nitrogens is 1. The van der Waals surface area contributed by atoms with Gasteiger partial charge in [-0.15, -0.1) is 0 Å². The van der Waals surface area contributed by atoms with Crippen molar-refractivity contribution >= 4 is 52.3 Å². The van der Waals surface area contributed by atoms with Gasteiger partial charge >= 0.3 is 0 Å². The minimum Gasteiger partial charge on any atom is -0.370 e. The van der Waals surface area contributed by atoms with E-state index in [0.29, 0.717) is 12.8 Å². The molecule has 7 amide bonds. The van der Waals surface area contributed by atoms with Crippen molar-refractivity contribution in [2.24, 2.45) is 29.2 Å². The van der Waals surface area contributed by atoms with Crippen molar-refractivity contribution in [2.45, 2.75) is 123 Å². The van der Waals surface area contributed by atoms with Gasteiger partial charge in [-0.1, -0.05) is 66.2 Å². The van der Waals surface area contributed by atoms with Crippen molar-refractivity contribution in [1.82, 2.24) is 36.9 Å². The standard InChI is InChI=1S/C38H59N9O7/c1-7-22(6)32-38(54)46-30(18-31(40)48)36(52)42-26(13-10-14-39)33(49)45-29(17-23-19-41-25-12-9-8-11-24(23)25)35(51)43-27(15-20(2)3)34(50)44-28(16-21(4)5)37(53)47-32/h8-9,11-12,19-22,26-30,32,41H,7,10,13-18,39H2,1-6H3,(H2,40,48)(H,42,52)(H,43,51)(H,44,50)(H,45,49)(H,46,54)(H,47,53)/t22-,26+,27-,28+,29+,30-,32-/m0/s1. The van der Waals surface area contributed by atoms with E-state index < -0.39 is 89.9 Å². The Morgan fingerprint density at radius 2 is 1.19 bits per heavy atom. The molecule has 0 saturated carbocycles. The highest BCUT2D eigenvalue weighted by Gasteiger charge is 2.37. The summed E-state index contributed by atoms with van der Waals surface area (Å²) in [6.07, 6.45) is 2.41. The Morgan fingerprint density at radius 3 is 1.76 bits per heavy atom. The molecule has 7 atom stereocenters. The van der Waals surface area contributed by atoms with Crippen LogP contribution in [-0.4, -0.2) is 89.1 Å². The lowest BCUT2D eigenvalue weighted by Crippen LogP contribution is -2.62. The Labute approximate surface area is 316 Å². The molecule has 3 rings (SSSR count). The third kappa shape index (κ3) is 12.6. The van der Waals surface area contributed by atoms with Crippen LogP contribution in [0.2, 0.25) is 0 Å². The molecule has 2 heterocycles. The minimum atomic E-state index is -1.50. The number of aromatic nitrogens is 1. The molecule has 16 heteroatoms. The second-order valence-corrected chi connectivity index (χ2v) is 15.1. The smallest absolute Gasteiger partial charge is 0.243 e. The zero-order chi connectivity index (χ0) is 40.1. The normalized spacial score (nSPS) is 24.5. The molecule has 1 saturated heterocycles. The zero-order valence-corrected chi connectivity index (χ0v) is 32.3. The Kier molecular flexibility index (Phi) is 16.5. The van der Waals surface area contributed by atoms with E-state index in [2.05, 4.69) is 36.9 Å². The van der Waals surface area contributed by atoms with Crippen LogP contribution < -0.4 is 43.4 Å². The number of benzene rings is 1. The predicted octanol–water partition coefficient (Wildman–Crippen LogP) is 0.385. The van der Waals surface area contributed by atoms with E-state index in [1.165, 1.54) is 0 Å². The van der Waals surface area contributed by atoms with Crippen molar-refractivity contribution in [3.63, 3.8) is 0 Å². The fourth-order valence-corrected chi connectivity index (χ4v) is 6.44. The molecule has 2 aromatic rings. The number of para-hydroxylation sites is 1. The quantitative estimate of drug-likeness (QED) is 0.138. The number of nitrogens with one attached hydrogen (secondary N) is 7. The number of carbonyl (C=O) groups excluding carboxylic acids is 7. The summed E-state index contributed by atoms with van der Waals surface area (Å²) in [4.78, 5) is 99.0. The molecule has 1 aromatic carbocycles. The first-order chi connectivity index (χ1) is 25.5. The average Bonchev–Trinajstić information content (AvgIpc) is 3.51. The summed E-state index contributed by atoms with van der Waals surface area (Å²) >= 11 is 0. The highest BCUT2D eigenvalue weighted by molar-refractivity contribution is 5.99. The van der Waals surface area contributed by atoms with Crippen LogP contribution in [0.4, 0.5) is 0 Å². The zero-order valence-electron chi connectivity index (χ0n) is 32.3. The summed E-state index contributed by atoms with van der Waals surface area (Å²) in [6, 6.07) is 0.166. The summed E-state index contributed by atoms with van der Waals surface area (Å²) < 4.78 is 0. The van der Waals surface area contributed by atoms with Crippen molar-refractivity contribution in [2.75, 3.05) is 6.54 Å². The number of hydrogen-bond donors (Lipinski definition) is 9. The number of rotatable bonds is 13. The molecule has 298 valence electrons. The first kappa shape index (κ1) is 43.4. The van der Waals surface area contributed by atoms with Crippen LogP contribution in [0.1, 0.15) is 85.6 Å². The number of hydrogen-bond acceptors (Lipinski definition) is 8. The van der Waals surface area contributed by atoms with Crippen molar-refractivity contribution in [1.29, 1.82) is 0 Å². The largest absolute Gasteiger partial charge is 0.370 e. The molecule has 54 heavy (non-hydrogen) atoms. The van der Waals surface area contributed by atoms with Crippen LogP contribution >= 0.6 is 0 Å². The number of carbonyl (C=O) groups is 7. The topological polar surface area (TPSA) is 260 Å². The minimum absolute atomic E-state index is 0.0187. The molecular weight excluding hydrogens is 694 g/mol. The predicted molar refractivity (Wildman–Crippen MR) is 204 cm³/mol. The second-order valence-electron chi connectivity index (χ2n) is 15.1. The van der Waals surface area contributed by atoms with Crippen LogP contribution in [0.15, 0.2) is 30.5 Å². The Hall–Kier alpha value is -4.99. The van der Waals surface area contributed by atoms with Gasteiger partial charge in [0.2, 0.25) is 41.4 Å². The van der Waals surface area contributed by atoms with Crippen LogP contribution in [0.3, 0.4) is 0 Å². The molecule has 1 aromatic heterocycles. The number of nitrogens with two attached hydrogens (primary N) is 2. The van der Waals surface area contributed by atoms with E-state index in [-0.39, 0.29) is 44.1 Å². The van der Waals surface area contributed by atoms with Gasteiger partial charge in [-0.3, -0.25) is 33.6 Å². The Balaban J connectivity index is 2.15. The molecule has 16 nitrogen and oxygen atoms in total. The van der Waals surface area contributed by atoms with Crippen LogP contribution in [0.5, 0.6) is 0 Å². The van der Waals surface area contributed by atoms with E-state index in [1.807, 2.05) is 58.9 Å². The molecule has 1 aliphatic heterocycles. The molecule has 11 N–H and O–H groups in total. The van der Waals surface area contributed by atoms with E-state index in [9.17, 15) is 33.6 Å². The molecule has 1 aliphatic rings. The fourth-order valence-electron chi connectivity index (χ4n) is 6.44. The third-order valence-corrected chi connectivity index (χ3v) is 9.57. The Morgan fingerprint density at radius 1 is 0.685 bits per heavy atom. The highest BCUT2D eigenvalue weighted by Crippen LogP contribution is 2.20. The summed E-state index contributed by atoms with van der Waals surface area (Å²) in [7, 11) is 0. The number of primary amides is 1. The maximum atomic E-state index is 14.2. The number of aromatic amines is 1. The van der Waals surface area contributed by atoms with Crippen LogP contribution in [0.25, 0.3) is 10.9 Å². The van der Waals surface area contributed by atoms with Gasteiger partial charge in [0.15, 0.2) is 0 Å². The second kappa shape index (κ2) is 20.5. The summed E-state index contributed by atoms with van der Waals surface area (Å²) in [6.45, 7) is 11.3. The van der Waals surface area contributed by atoms with Gasteiger partial charge in [-0.05, 0) is 61.6 Å². The maximum absolute atomic E-state index is 14.2. The fraction of sp³-hybridized carbons (Fsp3) is 0.605. The maximum Gasteiger partial charge on any atom is 0.243 e. The van der Waals surface area contributed by atoms with Gasteiger partial charge in [0, 0.05) is 23.5 Å². The average molecular weight is 754 g/mol. The number of amides is 7. The Bertz CT molecular complexity index is 1640. The molecule has 0 radical (unpaired) electrons. The highest BCUT2D eigenvalue weighted by atomic mass is 16.2. The monoisotopic (exact) mass is 753 g/mol. The number of fused-ring (bicyclic) bond motifs is 1. The molecule has 1 fully saturated rings. The van der Waals surface area contributed by atoms with Crippen LogP contribution in [-0.2, 0) is 40.0 Å².